The Morgan fingerprint density at radius 2 is 2.00 bits per heavy atom. The van der Waals surface area contributed by atoms with Gasteiger partial charge < -0.3 is 30.5 Å². The molecule has 5 atom stereocenters. The van der Waals surface area contributed by atoms with Crippen molar-refractivity contribution in [2.75, 3.05) is 13.7 Å². The number of aliphatic hydroxyl groups excluding tert-OH is 3. The second-order valence-electron chi connectivity index (χ2n) is 3.02. The first-order valence-electron chi connectivity index (χ1n) is 4.02. The first-order valence-corrected chi connectivity index (χ1v) is 4.02. The smallest absolute Gasteiger partial charge is 0.185 e. The molecule has 1 rings (SSSR count). The third-order valence-electron chi connectivity index (χ3n) is 2.17. The lowest BCUT2D eigenvalue weighted by atomic mass is 9.97. The summed E-state index contributed by atoms with van der Waals surface area (Å²) >= 11 is 0. The lowest BCUT2D eigenvalue weighted by molar-refractivity contribution is -0.267. The molecule has 0 aliphatic carbocycles. The fraction of sp³-hybridized carbons (Fsp3) is 1.00. The van der Waals surface area contributed by atoms with Gasteiger partial charge in [0.05, 0.1) is 12.6 Å². The van der Waals surface area contributed by atoms with Gasteiger partial charge in [-0.25, -0.2) is 0 Å². The molecule has 13 heavy (non-hydrogen) atoms. The minimum Gasteiger partial charge on any atom is -0.394 e. The van der Waals surface area contributed by atoms with Gasteiger partial charge in [-0.05, 0) is 0 Å². The summed E-state index contributed by atoms with van der Waals surface area (Å²) in [6, 6.07) is -0.865. The third kappa shape index (κ3) is 1.98. The molecule has 6 nitrogen and oxygen atoms in total. The van der Waals surface area contributed by atoms with E-state index < -0.39 is 30.6 Å². The maximum Gasteiger partial charge on any atom is 0.185 e. The lowest BCUT2D eigenvalue weighted by Crippen LogP contribution is -2.62. The van der Waals surface area contributed by atoms with Gasteiger partial charge in [-0.3, -0.25) is 0 Å². The summed E-state index contributed by atoms with van der Waals surface area (Å²) in [6.07, 6.45) is -3.85. The number of hydrogen-bond donors (Lipinski definition) is 4. The first-order chi connectivity index (χ1) is 6.11. The van der Waals surface area contributed by atoms with Gasteiger partial charge in [-0.2, -0.15) is 0 Å². The van der Waals surface area contributed by atoms with Crippen LogP contribution in [-0.2, 0) is 9.47 Å². The fourth-order valence-electron chi connectivity index (χ4n) is 1.31. The Morgan fingerprint density at radius 1 is 1.38 bits per heavy atom. The number of hydrogen-bond acceptors (Lipinski definition) is 6. The summed E-state index contributed by atoms with van der Waals surface area (Å²) in [7, 11) is 1.35. The topological polar surface area (TPSA) is 105 Å². The van der Waals surface area contributed by atoms with Gasteiger partial charge in [0.15, 0.2) is 6.29 Å². The fourth-order valence-corrected chi connectivity index (χ4v) is 1.31. The minimum atomic E-state index is -1.08. The lowest BCUT2D eigenvalue weighted by Gasteiger charge is -2.39. The normalized spacial score (nSPS) is 46.4. The third-order valence-corrected chi connectivity index (χ3v) is 2.17. The number of aliphatic hydroxyl groups is 3. The Morgan fingerprint density at radius 3 is 2.46 bits per heavy atom. The van der Waals surface area contributed by atoms with Gasteiger partial charge in [0.1, 0.15) is 18.3 Å². The van der Waals surface area contributed by atoms with E-state index in [0.29, 0.717) is 0 Å². The van der Waals surface area contributed by atoms with E-state index in [4.69, 9.17) is 20.3 Å². The number of ether oxygens (including phenoxy) is 2. The Kier molecular flexibility index (Phi) is 3.60. The van der Waals surface area contributed by atoms with E-state index in [2.05, 4.69) is 0 Å². The van der Waals surface area contributed by atoms with E-state index in [0.717, 1.165) is 0 Å². The van der Waals surface area contributed by atoms with Crippen LogP contribution in [0.4, 0.5) is 0 Å². The molecule has 6 heteroatoms. The van der Waals surface area contributed by atoms with Crippen molar-refractivity contribution in [1.29, 1.82) is 0 Å². The molecule has 1 fully saturated rings. The summed E-state index contributed by atoms with van der Waals surface area (Å²) in [6.45, 7) is -0.360. The Balaban J connectivity index is 2.66. The predicted molar refractivity (Wildman–Crippen MR) is 42.7 cm³/mol. The predicted octanol–water partition coefficient (Wildman–Crippen LogP) is -2.60. The summed E-state index contributed by atoms with van der Waals surface area (Å²) in [4.78, 5) is 0. The highest BCUT2D eigenvalue weighted by molar-refractivity contribution is 4.91. The summed E-state index contributed by atoms with van der Waals surface area (Å²) < 4.78 is 9.81. The maximum absolute atomic E-state index is 9.40. The second-order valence-corrected chi connectivity index (χ2v) is 3.02. The zero-order chi connectivity index (χ0) is 10.0. The average molecular weight is 193 g/mol. The van der Waals surface area contributed by atoms with Crippen LogP contribution in [0.2, 0.25) is 0 Å². The zero-order valence-corrected chi connectivity index (χ0v) is 7.33. The van der Waals surface area contributed by atoms with E-state index in [1.165, 1.54) is 7.11 Å². The first kappa shape index (κ1) is 10.8. The molecule has 1 heterocycles. The van der Waals surface area contributed by atoms with E-state index in [9.17, 15) is 10.2 Å². The van der Waals surface area contributed by atoms with Gasteiger partial charge in [-0.15, -0.1) is 0 Å². The van der Waals surface area contributed by atoms with Crippen molar-refractivity contribution >= 4 is 0 Å². The van der Waals surface area contributed by atoms with Crippen LogP contribution in [0.25, 0.3) is 0 Å². The van der Waals surface area contributed by atoms with Gasteiger partial charge in [-0.1, -0.05) is 0 Å². The summed E-state index contributed by atoms with van der Waals surface area (Å²) in [5.74, 6) is 0. The summed E-state index contributed by atoms with van der Waals surface area (Å²) in [5.41, 5.74) is 5.48. The van der Waals surface area contributed by atoms with Crippen LogP contribution in [-0.4, -0.2) is 59.7 Å². The molecule has 3 unspecified atom stereocenters. The van der Waals surface area contributed by atoms with E-state index in [1.54, 1.807) is 0 Å². The molecule has 0 amide bonds. The average Bonchev–Trinajstić information content (AvgIpc) is 2.15. The Labute approximate surface area is 75.9 Å². The largest absolute Gasteiger partial charge is 0.394 e. The molecule has 0 bridgehead atoms. The van der Waals surface area contributed by atoms with Crippen LogP contribution in [0.3, 0.4) is 0 Å². The molecule has 0 spiro atoms. The Hall–Kier alpha value is -0.240. The van der Waals surface area contributed by atoms with Crippen molar-refractivity contribution in [2.24, 2.45) is 5.73 Å². The van der Waals surface area contributed by atoms with Crippen LogP contribution in [0.15, 0.2) is 0 Å². The van der Waals surface area contributed by atoms with Gasteiger partial charge in [0, 0.05) is 7.11 Å². The minimum absolute atomic E-state index is 0.360. The van der Waals surface area contributed by atoms with Crippen molar-refractivity contribution in [3.63, 3.8) is 0 Å². The molecule has 1 aliphatic rings. The van der Waals surface area contributed by atoms with Crippen LogP contribution in [0.1, 0.15) is 0 Å². The quantitative estimate of drug-likeness (QED) is 0.383. The monoisotopic (exact) mass is 193 g/mol. The molecule has 5 N–H and O–H groups in total. The van der Waals surface area contributed by atoms with E-state index >= 15 is 0 Å². The van der Waals surface area contributed by atoms with Crippen LogP contribution < -0.4 is 5.73 Å². The molecular weight excluding hydrogens is 178 g/mol. The van der Waals surface area contributed by atoms with Crippen molar-refractivity contribution in [3.8, 4) is 0 Å². The van der Waals surface area contributed by atoms with Crippen molar-refractivity contribution < 1.29 is 24.8 Å². The molecule has 1 aliphatic heterocycles. The highest BCUT2D eigenvalue weighted by Crippen LogP contribution is 2.19. The number of methoxy groups -OCH3 is 1. The SMILES string of the molecule is CO[C@H]1OC(CO)C(O)[C@@H](N)C1O. The van der Waals surface area contributed by atoms with Gasteiger partial charge in [0.2, 0.25) is 0 Å². The van der Waals surface area contributed by atoms with Crippen molar-refractivity contribution in [1.82, 2.24) is 0 Å². The van der Waals surface area contributed by atoms with Gasteiger partial charge in [0.25, 0.3) is 0 Å². The molecule has 1 saturated heterocycles. The zero-order valence-electron chi connectivity index (χ0n) is 7.33. The molecule has 0 aromatic heterocycles. The Bertz CT molecular complexity index is 147. The van der Waals surface area contributed by atoms with Gasteiger partial charge >= 0.3 is 0 Å². The van der Waals surface area contributed by atoms with E-state index in [-0.39, 0.29) is 6.61 Å². The molecule has 78 valence electrons. The molecule has 0 aromatic rings. The maximum atomic E-state index is 9.40. The number of rotatable bonds is 2. The highest BCUT2D eigenvalue weighted by atomic mass is 16.7. The molecule has 0 radical (unpaired) electrons. The molecular formula is C7H15NO5. The molecule has 0 saturated carbocycles. The van der Waals surface area contributed by atoms with Crippen LogP contribution in [0.5, 0.6) is 0 Å². The van der Waals surface area contributed by atoms with Crippen LogP contribution in [0, 0.1) is 0 Å². The van der Waals surface area contributed by atoms with Crippen LogP contribution >= 0.6 is 0 Å². The van der Waals surface area contributed by atoms with Crippen molar-refractivity contribution in [3.05, 3.63) is 0 Å². The highest BCUT2D eigenvalue weighted by Gasteiger charge is 2.42. The number of nitrogens with two attached hydrogens (primary N) is 1. The van der Waals surface area contributed by atoms with E-state index in [1.807, 2.05) is 0 Å². The molecule has 0 aromatic carbocycles. The standard InChI is InChI=1S/C7H15NO5/c1-12-7-6(11)4(8)5(10)3(2-9)13-7/h3-7,9-11H,2,8H2,1H3/t3?,4-,5?,6?,7+/m1/s1. The second kappa shape index (κ2) is 4.32. The summed E-state index contributed by atoms with van der Waals surface area (Å²) in [5, 5.41) is 27.6. The van der Waals surface area contributed by atoms with Crippen molar-refractivity contribution in [2.45, 2.75) is 30.6 Å².